The van der Waals surface area contributed by atoms with E-state index in [-0.39, 0.29) is 25.4 Å². The molecule has 0 aromatic heterocycles. The third kappa shape index (κ3) is 4.18. The molecule has 1 aromatic carbocycles. The number of benzene rings is 1. The van der Waals surface area contributed by atoms with E-state index in [1.54, 1.807) is 26.0 Å². The van der Waals surface area contributed by atoms with Gasteiger partial charge in [0.25, 0.3) is 0 Å². The molecule has 1 amide bonds. The van der Waals surface area contributed by atoms with E-state index in [1.807, 2.05) is 0 Å². The number of halogens is 3. The van der Waals surface area contributed by atoms with Crippen LogP contribution in [0, 0.1) is 0 Å². The molecule has 0 spiro atoms. The zero-order chi connectivity index (χ0) is 17.7. The van der Waals surface area contributed by atoms with Gasteiger partial charge in [0.15, 0.2) is 6.29 Å². The molecule has 0 atom stereocenters. The van der Waals surface area contributed by atoms with Gasteiger partial charge in [0.2, 0.25) is 0 Å². The fraction of sp³-hybridized carbons (Fsp3) is 0.562. The van der Waals surface area contributed by atoms with Crippen LogP contribution in [0.15, 0.2) is 18.2 Å². The summed E-state index contributed by atoms with van der Waals surface area (Å²) in [5.74, 6) is -1.45. The molecule has 0 unspecified atom stereocenters. The maximum Gasteiger partial charge on any atom is 0.471 e. The minimum atomic E-state index is -4.99. The van der Waals surface area contributed by atoms with E-state index in [2.05, 4.69) is 0 Å². The second-order valence-electron chi connectivity index (χ2n) is 5.11. The zero-order valence-electron chi connectivity index (χ0n) is 13.6. The van der Waals surface area contributed by atoms with Crippen molar-refractivity contribution in [2.75, 3.05) is 31.3 Å². The van der Waals surface area contributed by atoms with Gasteiger partial charge in [-0.15, -0.1) is 0 Å². The van der Waals surface area contributed by atoms with Crippen LogP contribution < -0.4 is 9.64 Å². The fourth-order valence-electron chi connectivity index (χ4n) is 2.57. The third-order valence-electron chi connectivity index (χ3n) is 3.53. The van der Waals surface area contributed by atoms with Crippen LogP contribution in [0.4, 0.5) is 18.9 Å². The maximum atomic E-state index is 13.1. The number of fused-ring (bicyclic) bond motifs is 1. The van der Waals surface area contributed by atoms with Crippen molar-refractivity contribution in [1.29, 1.82) is 0 Å². The molecule has 0 fully saturated rings. The summed E-state index contributed by atoms with van der Waals surface area (Å²) >= 11 is 0. The predicted octanol–water partition coefficient (Wildman–Crippen LogP) is 2.92. The smallest absolute Gasteiger partial charge is 0.471 e. The monoisotopic (exact) mass is 347 g/mol. The summed E-state index contributed by atoms with van der Waals surface area (Å²) in [7, 11) is 0. The Bertz CT molecular complexity index is 571. The van der Waals surface area contributed by atoms with Crippen molar-refractivity contribution in [3.63, 3.8) is 0 Å². The Hall–Kier alpha value is -1.80. The largest absolute Gasteiger partial charge is 0.493 e. The Morgan fingerprint density at radius 2 is 1.96 bits per heavy atom. The van der Waals surface area contributed by atoms with Gasteiger partial charge in [-0.2, -0.15) is 13.2 Å². The Balaban J connectivity index is 2.37. The van der Waals surface area contributed by atoms with Gasteiger partial charge in [0.1, 0.15) is 5.75 Å². The first-order valence-corrected chi connectivity index (χ1v) is 7.75. The van der Waals surface area contributed by atoms with Gasteiger partial charge in [0.05, 0.1) is 18.8 Å². The molecule has 1 heterocycles. The number of nitrogens with zero attached hydrogens (tertiary/aromatic N) is 1. The molecule has 0 saturated heterocycles. The Kier molecular flexibility index (Phi) is 6.06. The lowest BCUT2D eigenvalue weighted by Gasteiger charge is -2.29. The highest BCUT2D eigenvalue weighted by Gasteiger charge is 2.44. The second-order valence-corrected chi connectivity index (χ2v) is 5.11. The molecular formula is C16H20F3NO4. The molecule has 1 aliphatic rings. The van der Waals surface area contributed by atoms with E-state index in [1.165, 1.54) is 6.07 Å². The summed E-state index contributed by atoms with van der Waals surface area (Å²) in [6.45, 7) is 3.95. The summed E-state index contributed by atoms with van der Waals surface area (Å²) < 4.78 is 55.1. The summed E-state index contributed by atoms with van der Waals surface area (Å²) in [6.07, 6.45) is -5.49. The normalized spacial score (nSPS) is 13.8. The third-order valence-corrected chi connectivity index (χ3v) is 3.53. The average Bonchev–Trinajstić information content (AvgIpc) is 3.00. The quantitative estimate of drug-likeness (QED) is 0.712. The Labute approximate surface area is 138 Å². The number of hydrogen-bond acceptors (Lipinski definition) is 4. The zero-order valence-corrected chi connectivity index (χ0v) is 13.6. The van der Waals surface area contributed by atoms with Gasteiger partial charge in [-0.1, -0.05) is 6.07 Å². The molecule has 1 aromatic rings. The number of alkyl halides is 3. The molecule has 134 valence electrons. The number of ether oxygens (including phenoxy) is 3. The lowest BCUT2D eigenvalue weighted by Crippen LogP contribution is -2.46. The van der Waals surface area contributed by atoms with E-state index in [4.69, 9.17) is 14.2 Å². The van der Waals surface area contributed by atoms with E-state index in [0.717, 1.165) is 0 Å². The second kappa shape index (κ2) is 7.85. The van der Waals surface area contributed by atoms with Crippen LogP contribution in [-0.4, -0.2) is 44.7 Å². The van der Waals surface area contributed by atoms with E-state index in [0.29, 0.717) is 29.2 Å². The number of rotatable bonds is 7. The minimum Gasteiger partial charge on any atom is -0.493 e. The van der Waals surface area contributed by atoms with Gasteiger partial charge in [-0.05, 0) is 26.0 Å². The molecule has 0 aliphatic carbocycles. The average molecular weight is 347 g/mol. The van der Waals surface area contributed by atoms with Gasteiger partial charge in [-0.3, -0.25) is 9.69 Å². The SMILES string of the molecule is CCOC(CN(C(=O)C(F)(F)F)c1cccc2c1CCO2)OCC. The molecule has 5 nitrogen and oxygen atoms in total. The first-order valence-electron chi connectivity index (χ1n) is 7.75. The van der Waals surface area contributed by atoms with Crippen LogP contribution in [0.1, 0.15) is 19.4 Å². The number of carbonyl (C=O) groups is 1. The molecule has 2 rings (SSSR count). The van der Waals surface area contributed by atoms with Gasteiger partial charge in [-0.25, -0.2) is 0 Å². The van der Waals surface area contributed by atoms with Crippen LogP contribution in [0.2, 0.25) is 0 Å². The van der Waals surface area contributed by atoms with Crippen molar-refractivity contribution >= 4 is 11.6 Å². The molecule has 0 bridgehead atoms. The van der Waals surface area contributed by atoms with Crippen LogP contribution in [0.25, 0.3) is 0 Å². The highest BCUT2D eigenvalue weighted by atomic mass is 19.4. The maximum absolute atomic E-state index is 13.1. The molecule has 0 N–H and O–H groups in total. The highest BCUT2D eigenvalue weighted by molar-refractivity contribution is 5.98. The fourth-order valence-corrected chi connectivity index (χ4v) is 2.57. The van der Waals surface area contributed by atoms with Crippen molar-refractivity contribution < 1.29 is 32.2 Å². The first-order chi connectivity index (χ1) is 11.4. The first kappa shape index (κ1) is 18.5. The van der Waals surface area contributed by atoms with Crippen molar-refractivity contribution in [1.82, 2.24) is 0 Å². The van der Waals surface area contributed by atoms with Gasteiger partial charge >= 0.3 is 12.1 Å². The lowest BCUT2D eigenvalue weighted by atomic mass is 10.1. The number of anilines is 1. The number of carbonyl (C=O) groups excluding carboxylic acids is 1. The summed E-state index contributed by atoms with van der Waals surface area (Å²) in [6, 6.07) is 4.71. The van der Waals surface area contributed by atoms with E-state index >= 15 is 0 Å². The summed E-state index contributed by atoms with van der Waals surface area (Å²) in [4.78, 5) is 12.6. The van der Waals surface area contributed by atoms with Crippen molar-refractivity contribution in [3.05, 3.63) is 23.8 Å². The molecule has 1 aliphatic heterocycles. The molecule has 24 heavy (non-hydrogen) atoms. The van der Waals surface area contributed by atoms with E-state index in [9.17, 15) is 18.0 Å². The van der Waals surface area contributed by atoms with E-state index < -0.39 is 18.4 Å². The predicted molar refractivity (Wildman–Crippen MR) is 81.1 cm³/mol. The van der Waals surface area contributed by atoms with Crippen molar-refractivity contribution in [2.45, 2.75) is 32.7 Å². The van der Waals surface area contributed by atoms with Gasteiger partial charge in [0, 0.05) is 25.2 Å². The minimum absolute atomic E-state index is 0.178. The molecule has 0 saturated carbocycles. The topological polar surface area (TPSA) is 48.0 Å². The lowest BCUT2D eigenvalue weighted by molar-refractivity contribution is -0.173. The molecular weight excluding hydrogens is 327 g/mol. The van der Waals surface area contributed by atoms with Crippen LogP contribution >= 0.6 is 0 Å². The molecule has 0 radical (unpaired) electrons. The van der Waals surface area contributed by atoms with Crippen LogP contribution in [0.3, 0.4) is 0 Å². The number of amides is 1. The number of hydrogen-bond donors (Lipinski definition) is 0. The highest BCUT2D eigenvalue weighted by Crippen LogP contribution is 2.35. The standard InChI is InChI=1S/C16H20F3NO4/c1-3-22-14(23-4-2)10-20(15(21)16(17,18)19)12-6-5-7-13-11(12)8-9-24-13/h5-7,14H,3-4,8-10H2,1-2H3. The van der Waals surface area contributed by atoms with Crippen LogP contribution in [0.5, 0.6) is 5.75 Å². The van der Waals surface area contributed by atoms with Gasteiger partial charge < -0.3 is 14.2 Å². The van der Waals surface area contributed by atoms with Crippen LogP contribution in [-0.2, 0) is 20.7 Å². The Morgan fingerprint density at radius 3 is 2.54 bits per heavy atom. The molecule has 8 heteroatoms. The summed E-state index contributed by atoms with van der Waals surface area (Å²) in [5, 5.41) is 0. The summed E-state index contributed by atoms with van der Waals surface area (Å²) in [5.41, 5.74) is 0.763. The van der Waals surface area contributed by atoms with Crippen molar-refractivity contribution in [3.8, 4) is 5.75 Å². The van der Waals surface area contributed by atoms with Crippen molar-refractivity contribution in [2.24, 2.45) is 0 Å². The Morgan fingerprint density at radius 1 is 1.29 bits per heavy atom.